The zero-order valence-electron chi connectivity index (χ0n) is 12.0. The first-order valence-electron chi connectivity index (χ1n) is 6.83. The predicted molar refractivity (Wildman–Crippen MR) is 72.2 cm³/mol. The smallest absolute Gasteiger partial charge is 0.200 e. The molecule has 1 aromatic rings. The SMILES string of the molecule is COC(OC)c1ccnc(C2(COCCO)CCC2)n1. The van der Waals surface area contributed by atoms with Crippen molar-refractivity contribution in [3.05, 3.63) is 23.8 Å². The Morgan fingerprint density at radius 3 is 2.65 bits per heavy atom. The van der Waals surface area contributed by atoms with E-state index < -0.39 is 6.29 Å². The van der Waals surface area contributed by atoms with E-state index in [1.807, 2.05) is 0 Å². The van der Waals surface area contributed by atoms with Crippen LogP contribution in [0, 0.1) is 0 Å². The van der Waals surface area contributed by atoms with Gasteiger partial charge in [-0.15, -0.1) is 0 Å². The van der Waals surface area contributed by atoms with Crippen LogP contribution in [0.25, 0.3) is 0 Å². The van der Waals surface area contributed by atoms with Gasteiger partial charge in [-0.25, -0.2) is 9.97 Å². The molecular formula is C14H22N2O4. The first-order chi connectivity index (χ1) is 9.75. The van der Waals surface area contributed by atoms with Crippen LogP contribution in [0.1, 0.15) is 37.1 Å². The van der Waals surface area contributed by atoms with E-state index in [-0.39, 0.29) is 12.0 Å². The van der Waals surface area contributed by atoms with Gasteiger partial charge in [-0.05, 0) is 18.9 Å². The maximum Gasteiger partial charge on any atom is 0.200 e. The molecule has 112 valence electrons. The molecule has 0 amide bonds. The van der Waals surface area contributed by atoms with E-state index in [1.165, 1.54) is 0 Å². The molecule has 1 N–H and O–H groups in total. The van der Waals surface area contributed by atoms with E-state index in [2.05, 4.69) is 9.97 Å². The predicted octanol–water partition coefficient (Wildman–Crippen LogP) is 1.20. The molecule has 1 aromatic heterocycles. The summed E-state index contributed by atoms with van der Waals surface area (Å²) in [7, 11) is 3.17. The van der Waals surface area contributed by atoms with Gasteiger partial charge in [0.2, 0.25) is 6.29 Å². The zero-order chi connectivity index (χ0) is 14.4. The van der Waals surface area contributed by atoms with Gasteiger partial charge in [-0.3, -0.25) is 0 Å². The lowest BCUT2D eigenvalue weighted by Gasteiger charge is -2.40. The molecule has 1 fully saturated rings. The first kappa shape index (κ1) is 15.3. The number of nitrogens with zero attached hydrogens (tertiary/aromatic N) is 2. The fourth-order valence-corrected chi connectivity index (χ4v) is 2.47. The number of aliphatic hydroxyl groups is 1. The summed E-state index contributed by atoms with van der Waals surface area (Å²) in [4.78, 5) is 8.98. The van der Waals surface area contributed by atoms with Crippen molar-refractivity contribution in [1.29, 1.82) is 0 Å². The summed E-state index contributed by atoms with van der Waals surface area (Å²) in [6.07, 6.45) is 4.41. The van der Waals surface area contributed by atoms with E-state index in [0.717, 1.165) is 25.1 Å². The minimum atomic E-state index is -0.479. The number of rotatable bonds is 8. The lowest BCUT2D eigenvalue weighted by Crippen LogP contribution is -2.41. The van der Waals surface area contributed by atoms with Gasteiger partial charge in [-0.1, -0.05) is 6.42 Å². The Balaban J connectivity index is 2.15. The second kappa shape index (κ2) is 7.08. The monoisotopic (exact) mass is 282 g/mol. The van der Waals surface area contributed by atoms with Crippen molar-refractivity contribution in [3.8, 4) is 0 Å². The summed E-state index contributed by atoms with van der Waals surface area (Å²) < 4.78 is 16.0. The van der Waals surface area contributed by atoms with Gasteiger partial charge < -0.3 is 19.3 Å². The lowest BCUT2D eigenvalue weighted by atomic mass is 9.68. The minimum Gasteiger partial charge on any atom is -0.394 e. The number of hydrogen-bond donors (Lipinski definition) is 1. The summed E-state index contributed by atoms with van der Waals surface area (Å²) in [5, 5.41) is 8.82. The van der Waals surface area contributed by atoms with Crippen molar-refractivity contribution >= 4 is 0 Å². The van der Waals surface area contributed by atoms with Gasteiger partial charge in [0, 0.05) is 20.4 Å². The number of methoxy groups -OCH3 is 2. The molecule has 1 aliphatic carbocycles. The van der Waals surface area contributed by atoms with Crippen LogP contribution in [0.15, 0.2) is 12.3 Å². The molecular weight excluding hydrogens is 260 g/mol. The van der Waals surface area contributed by atoms with Crippen LogP contribution < -0.4 is 0 Å². The number of ether oxygens (including phenoxy) is 3. The Bertz CT molecular complexity index is 419. The molecule has 6 nitrogen and oxygen atoms in total. The molecule has 1 saturated carbocycles. The van der Waals surface area contributed by atoms with Crippen molar-refractivity contribution in [2.24, 2.45) is 0 Å². The highest BCUT2D eigenvalue weighted by Gasteiger charge is 2.42. The van der Waals surface area contributed by atoms with Crippen LogP contribution in [0.4, 0.5) is 0 Å². The normalized spacial score (nSPS) is 17.2. The van der Waals surface area contributed by atoms with Crippen LogP contribution in [-0.2, 0) is 19.6 Å². The Morgan fingerprint density at radius 2 is 2.10 bits per heavy atom. The molecule has 0 spiro atoms. The molecule has 0 aromatic carbocycles. The van der Waals surface area contributed by atoms with Crippen LogP contribution in [0.5, 0.6) is 0 Å². The van der Waals surface area contributed by atoms with Crippen molar-refractivity contribution in [3.63, 3.8) is 0 Å². The van der Waals surface area contributed by atoms with Gasteiger partial charge in [0.15, 0.2) is 0 Å². The number of hydrogen-bond acceptors (Lipinski definition) is 6. The average molecular weight is 282 g/mol. The molecule has 0 atom stereocenters. The van der Waals surface area contributed by atoms with Gasteiger partial charge in [-0.2, -0.15) is 0 Å². The fraction of sp³-hybridized carbons (Fsp3) is 0.714. The van der Waals surface area contributed by atoms with Crippen molar-refractivity contribution in [2.75, 3.05) is 34.0 Å². The Morgan fingerprint density at radius 1 is 1.35 bits per heavy atom. The largest absolute Gasteiger partial charge is 0.394 e. The standard InChI is InChI=1S/C14H22N2O4/c1-18-12(19-2)11-4-7-15-13(16-11)14(5-3-6-14)10-20-9-8-17/h4,7,12,17H,3,5-6,8-10H2,1-2H3. The number of aliphatic hydroxyl groups excluding tert-OH is 1. The van der Waals surface area contributed by atoms with E-state index in [4.69, 9.17) is 19.3 Å². The third-order valence-corrected chi connectivity index (χ3v) is 3.75. The third kappa shape index (κ3) is 3.15. The summed E-state index contributed by atoms with van der Waals surface area (Å²) in [6, 6.07) is 1.79. The highest BCUT2D eigenvalue weighted by Crippen LogP contribution is 2.42. The number of aromatic nitrogens is 2. The molecule has 0 saturated heterocycles. The molecule has 1 aliphatic rings. The van der Waals surface area contributed by atoms with E-state index in [9.17, 15) is 0 Å². The van der Waals surface area contributed by atoms with Gasteiger partial charge in [0.25, 0.3) is 0 Å². The summed E-state index contributed by atoms with van der Waals surface area (Å²) in [5.41, 5.74) is 0.588. The fourth-order valence-electron chi connectivity index (χ4n) is 2.47. The highest BCUT2D eigenvalue weighted by molar-refractivity contribution is 5.16. The first-order valence-corrected chi connectivity index (χ1v) is 6.83. The summed E-state index contributed by atoms with van der Waals surface area (Å²) >= 11 is 0. The second-order valence-corrected chi connectivity index (χ2v) is 5.02. The van der Waals surface area contributed by atoms with Crippen LogP contribution in [-0.4, -0.2) is 49.1 Å². The Kier molecular flexibility index (Phi) is 5.42. The van der Waals surface area contributed by atoms with E-state index >= 15 is 0 Å². The minimum absolute atomic E-state index is 0.0341. The molecule has 1 heterocycles. The molecule has 0 bridgehead atoms. The van der Waals surface area contributed by atoms with Gasteiger partial charge in [0.05, 0.1) is 30.9 Å². The molecule has 0 aliphatic heterocycles. The summed E-state index contributed by atoms with van der Waals surface area (Å²) in [6.45, 7) is 0.925. The molecule has 0 radical (unpaired) electrons. The topological polar surface area (TPSA) is 73.7 Å². The second-order valence-electron chi connectivity index (χ2n) is 5.02. The van der Waals surface area contributed by atoms with Gasteiger partial charge in [0.1, 0.15) is 5.82 Å². The molecule has 0 unspecified atom stereocenters. The van der Waals surface area contributed by atoms with Crippen molar-refractivity contribution < 1.29 is 19.3 Å². The maximum atomic E-state index is 8.82. The van der Waals surface area contributed by atoms with Crippen molar-refractivity contribution in [2.45, 2.75) is 31.0 Å². The Hall–Kier alpha value is -1.08. The van der Waals surface area contributed by atoms with Gasteiger partial charge >= 0.3 is 0 Å². The van der Waals surface area contributed by atoms with E-state index in [0.29, 0.717) is 18.9 Å². The van der Waals surface area contributed by atoms with E-state index in [1.54, 1.807) is 26.5 Å². The lowest BCUT2D eigenvalue weighted by molar-refractivity contribution is -0.109. The molecule has 20 heavy (non-hydrogen) atoms. The zero-order valence-corrected chi connectivity index (χ0v) is 12.0. The van der Waals surface area contributed by atoms with Crippen LogP contribution >= 0.6 is 0 Å². The maximum absolute atomic E-state index is 8.82. The Labute approximate surface area is 119 Å². The average Bonchev–Trinajstić information content (AvgIpc) is 2.44. The molecule has 6 heteroatoms. The van der Waals surface area contributed by atoms with Crippen molar-refractivity contribution in [1.82, 2.24) is 9.97 Å². The molecule has 2 rings (SSSR count). The quantitative estimate of drug-likeness (QED) is 0.570. The highest BCUT2D eigenvalue weighted by atomic mass is 16.7. The van der Waals surface area contributed by atoms with Crippen LogP contribution in [0.2, 0.25) is 0 Å². The third-order valence-electron chi connectivity index (χ3n) is 3.75. The summed E-state index contributed by atoms with van der Waals surface area (Å²) in [5.74, 6) is 0.776. The van der Waals surface area contributed by atoms with Crippen LogP contribution in [0.3, 0.4) is 0 Å².